The van der Waals surface area contributed by atoms with E-state index in [2.05, 4.69) is 13.8 Å². The standard InChI is InChI=1S/C15H28F3NO/c1-10(2)12-5-6-14(20)13(7-12)8-19(11(3)4)9-15(16,17)18/h10-14,20H,5-9H2,1-4H3. The van der Waals surface area contributed by atoms with E-state index in [1.165, 1.54) is 4.90 Å². The van der Waals surface area contributed by atoms with Crippen LogP contribution in [0.25, 0.3) is 0 Å². The van der Waals surface area contributed by atoms with Gasteiger partial charge in [0.2, 0.25) is 0 Å². The molecule has 120 valence electrons. The summed E-state index contributed by atoms with van der Waals surface area (Å²) in [7, 11) is 0. The van der Waals surface area contributed by atoms with E-state index in [9.17, 15) is 18.3 Å². The van der Waals surface area contributed by atoms with E-state index in [0.29, 0.717) is 24.8 Å². The molecule has 0 radical (unpaired) electrons. The van der Waals surface area contributed by atoms with Gasteiger partial charge in [-0.2, -0.15) is 13.2 Å². The van der Waals surface area contributed by atoms with E-state index in [4.69, 9.17) is 0 Å². The predicted molar refractivity (Wildman–Crippen MR) is 74.4 cm³/mol. The Bertz CT molecular complexity index is 291. The molecule has 0 bridgehead atoms. The summed E-state index contributed by atoms with van der Waals surface area (Å²) in [5.74, 6) is 1.00. The van der Waals surface area contributed by atoms with Gasteiger partial charge >= 0.3 is 6.18 Å². The van der Waals surface area contributed by atoms with E-state index in [1.807, 2.05) is 0 Å². The maximum absolute atomic E-state index is 12.6. The van der Waals surface area contributed by atoms with Gasteiger partial charge in [-0.25, -0.2) is 0 Å². The van der Waals surface area contributed by atoms with Crippen LogP contribution in [0.4, 0.5) is 13.2 Å². The summed E-state index contributed by atoms with van der Waals surface area (Å²) in [6, 6.07) is -0.164. The molecule has 2 nitrogen and oxygen atoms in total. The van der Waals surface area contributed by atoms with Crippen LogP contribution in [0.15, 0.2) is 0 Å². The molecule has 0 aromatic heterocycles. The minimum atomic E-state index is -4.18. The van der Waals surface area contributed by atoms with Crippen LogP contribution in [-0.4, -0.2) is 41.4 Å². The smallest absolute Gasteiger partial charge is 0.393 e. The molecule has 1 rings (SSSR count). The second-order valence-electron chi connectivity index (χ2n) is 6.78. The Balaban J connectivity index is 2.65. The molecular weight excluding hydrogens is 267 g/mol. The third-order valence-corrected chi connectivity index (χ3v) is 4.51. The highest BCUT2D eigenvalue weighted by molar-refractivity contribution is 4.84. The van der Waals surface area contributed by atoms with Crippen molar-refractivity contribution in [3.05, 3.63) is 0 Å². The number of nitrogens with zero attached hydrogens (tertiary/aromatic N) is 1. The first-order valence-electron chi connectivity index (χ1n) is 7.59. The van der Waals surface area contributed by atoms with E-state index in [1.54, 1.807) is 13.8 Å². The maximum Gasteiger partial charge on any atom is 0.401 e. The number of halogens is 3. The van der Waals surface area contributed by atoms with E-state index < -0.39 is 18.8 Å². The number of hydrogen-bond donors (Lipinski definition) is 1. The normalized spacial score (nSPS) is 28.6. The van der Waals surface area contributed by atoms with Gasteiger partial charge in [0.1, 0.15) is 0 Å². The average molecular weight is 295 g/mol. The zero-order valence-corrected chi connectivity index (χ0v) is 13.0. The Morgan fingerprint density at radius 3 is 2.20 bits per heavy atom. The third kappa shape index (κ3) is 5.60. The zero-order valence-electron chi connectivity index (χ0n) is 13.0. The van der Waals surface area contributed by atoms with Crippen molar-refractivity contribution in [2.24, 2.45) is 17.8 Å². The number of alkyl halides is 3. The first-order valence-corrected chi connectivity index (χ1v) is 7.59. The lowest BCUT2D eigenvalue weighted by molar-refractivity contribution is -0.153. The van der Waals surface area contributed by atoms with E-state index in [-0.39, 0.29) is 12.0 Å². The van der Waals surface area contributed by atoms with Crippen molar-refractivity contribution < 1.29 is 18.3 Å². The minimum Gasteiger partial charge on any atom is -0.393 e. The van der Waals surface area contributed by atoms with Crippen molar-refractivity contribution >= 4 is 0 Å². The van der Waals surface area contributed by atoms with E-state index >= 15 is 0 Å². The summed E-state index contributed by atoms with van der Waals surface area (Å²) in [5, 5.41) is 10.1. The van der Waals surface area contributed by atoms with E-state index in [0.717, 1.165) is 12.8 Å². The molecule has 1 aliphatic rings. The number of aliphatic hydroxyl groups is 1. The first-order chi connectivity index (χ1) is 9.10. The lowest BCUT2D eigenvalue weighted by Crippen LogP contribution is -2.46. The Labute approximate surface area is 120 Å². The molecule has 3 unspecified atom stereocenters. The van der Waals surface area contributed by atoms with Crippen molar-refractivity contribution in [3.63, 3.8) is 0 Å². The van der Waals surface area contributed by atoms with Crippen LogP contribution in [0.1, 0.15) is 47.0 Å². The molecule has 0 aromatic rings. The topological polar surface area (TPSA) is 23.5 Å². The first kappa shape index (κ1) is 17.8. The molecule has 0 aliphatic heterocycles. The maximum atomic E-state index is 12.6. The number of aliphatic hydroxyl groups excluding tert-OH is 1. The molecule has 5 heteroatoms. The molecule has 0 aromatic carbocycles. The SMILES string of the molecule is CC(C)C1CCC(O)C(CN(CC(F)(F)F)C(C)C)C1. The fourth-order valence-electron chi connectivity index (χ4n) is 3.08. The molecule has 20 heavy (non-hydrogen) atoms. The second kappa shape index (κ2) is 7.12. The summed E-state index contributed by atoms with van der Waals surface area (Å²) in [5.41, 5.74) is 0. The van der Waals surface area contributed by atoms with Gasteiger partial charge in [0.15, 0.2) is 0 Å². The third-order valence-electron chi connectivity index (χ3n) is 4.51. The number of hydrogen-bond acceptors (Lipinski definition) is 2. The molecule has 0 amide bonds. The summed E-state index contributed by atoms with van der Waals surface area (Å²) in [6.07, 6.45) is -2.11. The van der Waals surface area contributed by atoms with Crippen molar-refractivity contribution in [3.8, 4) is 0 Å². The van der Waals surface area contributed by atoms with Gasteiger partial charge in [-0.15, -0.1) is 0 Å². The van der Waals surface area contributed by atoms with Gasteiger partial charge in [-0.3, -0.25) is 4.90 Å². The van der Waals surface area contributed by atoms with Gasteiger partial charge in [-0.05, 0) is 50.9 Å². The molecule has 0 saturated heterocycles. The molecule has 0 spiro atoms. The molecular formula is C15H28F3NO. The van der Waals surface area contributed by atoms with Crippen molar-refractivity contribution in [2.75, 3.05) is 13.1 Å². The van der Waals surface area contributed by atoms with Crippen molar-refractivity contribution in [2.45, 2.75) is 65.3 Å². The van der Waals surface area contributed by atoms with Crippen LogP contribution in [0.5, 0.6) is 0 Å². The molecule has 1 N–H and O–H groups in total. The quantitative estimate of drug-likeness (QED) is 0.836. The highest BCUT2D eigenvalue weighted by Crippen LogP contribution is 2.35. The molecule has 1 fully saturated rings. The lowest BCUT2D eigenvalue weighted by atomic mass is 9.74. The fraction of sp³-hybridized carbons (Fsp3) is 1.00. The van der Waals surface area contributed by atoms with Crippen molar-refractivity contribution in [1.82, 2.24) is 4.90 Å². The molecule has 0 heterocycles. The molecule has 1 aliphatic carbocycles. The summed E-state index contributed by atoms with van der Waals surface area (Å²) < 4.78 is 37.9. The molecule has 3 atom stereocenters. The monoisotopic (exact) mass is 295 g/mol. The largest absolute Gasteiger partial charge is 0.401 e. The van der Waals surface area contributed by atoms with Crippen LogP contribution >= 0.6 is 0 Å². The lowest BCUT2D eigenvalue weighted by Gasteiger charge is -2.39. The van der Waals surface area contributed by atoms with Crippen LogP contribution in [0, 0.1) is 17.8 Å². The van der Waals surface area contributed by atoms with Crippen molar-refractivity contribution in [1.29, 1.82) is 0 Å². The Morgan fingerprint density at radius 1 is 1.15 bits per heavy atom. The summed E-state index contributed by atoms with van der Waals surface area (Å²) in [4.78, 5) is 1.44. The van der Waals surface area contributed by atoms with Gasteiger partial charge in [0.05, 0.1) is 12.6 Å². The highest BCUT2D eigenvalue weighted by Gasteiger charge is 2.36. The number of rotatable bonds is 5. The molecule has 1 saturated carbocycles. The Kier molecular flexibility index (Phi) is 6.32. The van der Waals surface area contributed by atoms with Gasteiger partial charge in [0, 0.05) is 12.6 Å². The van der Waals surface area contributed by atoms with Gasteiger partial charge < -0.3 is 5.11 Å². The fourth-order valence-corrected chi connectivity index (χ4v) is 3.08. The zero-order chi connectivity index (χ0) is 15.5. The van der Waals surface area contributed by atoms with Crippen LogP contribution in [0.3, 0.4) is 0 Å². The van der Waals surface area contributed by atoms with Gasteiger partial charge in [0.25, 0.3) is 0 Å². The van der Waals surface area contributed by atoms with Crippen LogP contribution in [-0.2, 0) is 0 Å². The highest BCUT2D eigenvalue weighted by atomic mass is 19.4. The second-order valence-corrected chi connectivity index (χ2v) is 6.78. The summed E-state index contributed by atoms with van der Waals surface area (Å²) in [6.45, 7) is 7.30. The Morgan fingerprint density at radius 2 is 1.75 bits per heavy atom. The summed E-state index contributed by atoms with van der Waals surface area (Å²) >= 11 is 0. The average Bonchev–Trinajstić information content (AvgIpc) is 2.28. The predicted octanol–water partition coefficient (Wildman–Crippen LogP) is 3.69. The van der Waals surface area contributed by atoms with Crippen LogP contribution < -0.4 is 0 Å². The van der Waals surface area contributed by atoms with Crippen LogP contribution in [0.2, 0.25) is 0 Å². The Hall–Kier alpha value is -0.290. The minimum absolute atomic E-state index is 0.0408. The van der Waals surface area contributed by atoms with Gasteiger partial charge in [-0.1, -0.05) is 13.8 Å².